The van der Waals surface area contributed by atoms with Crippen molar-refractivity contribution in [2.24, 2.45) is 0 Å². The van der Waals surface area contributed by atoms with Gasteiger partial charge in [0, 0.05) is 12.8 Å². The van der Waals surface area contributed by atoms with Gasteiger partial charge in [0.1, 0.15) is 23.1 Å². The van der Waals surface area contributed by atoms with Crippen LogP contribution in [-0.4, -0.2) is 73.6 Å². The van der Waals surface area contributed by atoms with Crippen LogP contribution in [0.5, 0.6) is 11.5 Å². The van der Waals surface area contributed by atoms with Crippen LogP contribution in [0.15, 0.2) is 24.3 Å². The number of halogens is 8. The lowest BCUT2D eigenvalue weighted by Gasteiger charge is -2.32. The number of carbonyl (C=O) groups excluding carboxylic acids is 2. The zero-order chi connectivity index (χ0) is 35.4. The number of methoxy groups -OCH3 is 2. The van der Waals surface area contributed by atoms with Gasteiger partial charge in [-0.05, 0) is 62.9 Å². The van der Waals surface area contributed by atoms with Crippen molar-refractivity contribution in [3.8, 4) is 11.5 Å². The number of alkyl halides is 6. The van der Waals surface area contributed by atoms with Crippen LogP contribution in [-0.2, 0) is 9.31 Å². The van der Waals surface area contributed by atoms with Crippen molar-refractivity contribution in [3.05, 3.63) is 47.0 Å². The first-order valence-corrected chi connectivity index (χ1v) is 13.6. The Labute approximate surface area is 260 Å². The summed E-state index contributed by atoms with van der Waals surface area (Å²) in [5.41, 5.74) is -2.43. The molecule has 2 N–H and O–H groups in total. The molecule has 1 aliphatic rings. The number of rotatable bonds is 10. The van der Waals surface area contributed by atoms with Crippen molar-refractivity contribution in [1.29, 1.82) is 0 Å². The van der Waals surface area contributed by atoms with E-state index in [9.17, 15) is 44.7 Å². The van der Waals surface area contributed by atoms with Crippen LogP contribution >= 0.6 is 0 Å². The van der Waals surface area contributed by atoms with Gasteiger partial charge in [-0.3, -0.25) is 9.59 Å². The second kappa shape index (κ2) is 14.7. The van der Waals surface area contributed by atoms with Crippen LogP contribution in [0.3, 0.4) is 0 Å². The summed E-state index contributed by atoms with van der Waals surface area (Å²) >= 11 is 0. The van der Waals surface area contributed by atoms with Crippen molar-refractivity contribution >= 4 is 36.7 Å². The molecule has 18 heteroatoms. The van der Waals surface area contributed by atoms with Crippen molar-refractivity contribution in [2.75, 3.05) is 14.2 Å². The molecule has 8 nitrogen and oxygen atoms in total. The van der Waals surface area contributed by atoms with Gasteiger partial charge in [0.05, 0.1) is 49.4 Å². The first-order valence-electron chi connectivity index (χ1n) is 13.6. The van der Waals surface area contributed by atoms with Gasteiger partial charge in [-0.15, -0.1) is 0 Å². The van der Waals surface area contributed by atoms with Crippen LogP contribution in [0, 0.1) is 11.6 Å². The number of benzene rings is 2. The highest BCUT2D eigenvalue weighted by Gasteiger charge is 2.52. The average molecular weight is 670 g/mol. The van der Waals surface area contributed by atoms with E-state index < -0.39 is 97.8 Å². The SMILES string of the molecule is COc1cc(B(O)O)cc(F)c1C(=O)CCC(F)(F)F.COc1cc(B2OC(C)(C)C(C)(C)O2)cc(F)c1C(=O)CCC(F)(F)F. The highest BCUT2D eigenvalue weighted by molar-refractivity contribution is 6.62. The molecule has 2 aromatic carbocycles. The maximum absolute atomic E-state index is 14.5. The molecule has 0 unspecified atom stereocenters. The minimum Gasteiger partial charge on any atom is -0.496 e. The van der Waals surface area contributed by atoms with E-state index in [4.69, 9.17) is 28.8 Å². The fraction of sp³-hybridized carbons (Fsp3) is 0.500. The maximum Gasteiger partial charge on any atom is 0.495 e. The lowest BCUT2D eigenvalue weighted by atomic mass is 9.78. The van der Waals surface area contributed by atoms with Crippen LogP contribution < -0.4 is 20.4 Å². The van der Waals surface area contributed by atoms with Crippen LogP contribution in [0.4, 0.5) is 35.1 Å². The molecule has 0 aromatic heterocycles. The Kier molecular flexibility index (Phi) is 12.4. The standard InChI is InChI=1S/C17H21BF4O4.C11H11BF4O4/c1-15(2)16(3,4)26-18(25-15)10-8-11(19)14(13(9-10)24-5)12(23)6-7-17(20,21)22;1-20-9-5-6(12(18)19)4-7(13)10(9)8(17)2-3-11(14,15)16/h8-9H,6-7H2,1-5H3;4-5,18-19H,2-3H2,1H3. The molecule has 0 saturated carbocycles. The second-order valence-corrected chi connectivity index (χ2v) is 11.2. The Morgan fingerprint density at radius 2 is 1.15 bits per heavy atom. The molecule has 0 spiro atoms. The van der Waals surface area contributed by atoms with Crippen molar-refractivity contribution in [1.82, 2.24) is 0 Å². The first kappa shape index (κ1) is 39.0. The Hall–Kier alpha value is -3.21. The minimum absolute atomic E-state index is 0.151. The molecular formula is C28H32B2F8O8. The summed E-state index contributed by atoms with van der Waals surface area (Å²) in [5.74, 6) is -4.68. The van der Waals surface area contributed by atoms with Crippen molar-refractivity contribution in [2.45, 2.75) is 76.9 Å². The number of hydrogen-bond donors (Lipinski definition) is 2. The Morgan fingerprint density at radius 1 is 0.761 bits per heavy atom. The Balaban J connectivity index is 0.000000332. The summed E-state index contributed by atoms with van der Waals surface area (Å²) in [6.45, 7) is 7.32. The molecule has 0 atom stereocenters. The van der Waals surface area contributed by atoms with Gasteiger partial charge in [0.25, 0.3) is 0 Å². The molecule has 0 amide bonds. The van der Waals surface area contributed by atoms with E-state index in [0.29, 0.717) is 6.07 Å². The smallest absolute Gasteiger partial charge is 0.495 e. The summed E-state index contributed by atoms with van der Waals surface area (Å²) in [6, 6.07) is 4.03. The van der Waals surface area contributed by atoms with Gasteiger partial charge in [-0.2, -0.15) is 26.3 Å². The van der Waals surface area contributed by atoms with E-state index in [1.54, 1.807) is 0 Å². The molecule has 3 rings (SSSR count). The average Bonchev–Trinajstić information content (AvgIpc) is 3.15. The summed E-state index contributed by atoms with van der Waals surface area (Å²) in [7, 11) is -0.577. The molecule has 0 radical (unpaired) electrons. The van der Waals surface area contributed by atoms with Gasteiger partial charge in [0.15, 0.2) is 11.6 Å². The van der Waals surface area contributed by atoms with Gasteiger partial charge >= 0.3 is 26.6 Å². The highest BCUT2D eigenvalue weighted by Crippen LogP contribution is 2.37. The van der Waals surface area contributed by atoms with E-state index in [2.05, 4.69) is 0 Å². The Bertz CT molecular complexity index is 1400. The molecule has 1 heterocycles. The normalized spacial score (nSPS) is 15.6. The quantitative estimate of drug-likeness (QED) is 0.213. The summed E-state index contributed by atoms with van der Waals surface area (Å²) < 4.78 is 123. The molecule has 46 heavy (non-hydrogen) atoms. The third-order valence-electron chi connectivity index (χ3n) is 7.24. The molecule has 0 bridgehead atoms. The number of hydrogen-bond acceptors (Lipinski definition) is 8. The van der Waals surface area contributed by atoms with E-state index in [1.807, 2.05) is 27.7 Å². The first-order chi connectivity index (χ1) is 20.9. The number of Topliss-reactive ketones (excluding diaryl/α,β-unsaturated/α-hetero) is 2. The van der Waals surface area contributed by atoms with E-state index in [1.165, 1.54) is 13.2 Å². The number of carbonyl (C=O) groups is 2. The molecule has 1 fully saturated rings. The molecular weight excluding hydrogens is 638 g/mol. The molecule has 1 saturated heterocycles. The minimum atomic E-state index is -4.53. The molecule has 2 aromatic rings. The highest BCUT2D eigenvalue weighted by atomic mass is 19.4. The van der Waals surface area contributed by atoms with Gasteiger partial charge < -0.3 is 28.8 Å². The number of ketones is 2. The van der Waals surface area contributed by atoms with E-state index in [-0.39, 0.29) is 22.4 Å². The van der Waals surface area contributed by atoms with Crippen LogP contribution in [0.1, 0.15) is 74.1 Å². The molecule has 254 valence electrons. The van der Waals surface area contributed by atoms with E-state index in [0.717, 1.165) is 19.2 Å². The van der Waals surface area contributed by atoms with Crippen LogP contribution in [0.25, 0.3) is 0 Å². The third kappa shape index (κ3) is 10.1. The maximum atomic E-state index is 14.5. The predicted molar refractivity (Wildman–Crippen MR) is 151 cm³/mol. The van der Waals surface area contributed by atoms with Gasteiger partial charge in [-0.25, -0.2) is 8.78 Å². The summed E-state index contributed by atoms with van der Waals surface area (Å²) in [5, 5.41) is 17.8. The summed E-state index contributed by atoms with van der Waals surface area (Å²) in [6.07, 6.45) is -13.5. The molecule has 0 aliphatic carbocycles. The van der Waals surface area contributed by atoms with E-state index >= 15 is 0 Å². The molecule has 1 aliphatic heterocycles. The summed E-state index contributed by atoms with van der Waals surface area (Å²) in [4.78, 5) is 23.7. The lowest BCUT2D eigenvalue weighted by molar-refractivity contribution is -0.134. The monoisotopic (exact) mass is 670 g/mol. The lowest BCUT2D eigenvalue weighted by Crippen LogP contribution is -2.41. The fourth-order valence-electron chi connectivity index (χ4n) is 4.09. The van der Waals surface area contributed by atoms with Crippen LogP contribution in [0.2, 0.25) is 0 Å². The fourth-order valence-corrected chi connectivity index (χ4v) is 4.09. The van der Waals surface area contributed by atoms with Gasteiger partial charge in [-0.1, -0.05) is 0 Å². The zero-order valence-electron chi connectivity index (χ0n) is 25.7. The second-order valence-electron chi connectivity index (χ2n) is 11.2. The topological polar surface area (TPSA) is 112 Å². The predicted octanol–water partition coefficient (Wildman–Crippen LogP) is 4.70. The third-order valence-corrected chi connectivity index (χ3v) is 7.24. The van der Waals surface area contributed by atoms with Crippen molar-refractivity contribution in [3.63, 3.8) is 0 Å². The zero-order valence-corrected chi connectivity index (χ0v) is 25.7. The largest absolute Gasteiger partial charge is 0.496 e. The Morgan fingerprint density at radius 3 is 1.52 bits per heavy atom. The van der Waals surface area contributed by atoms with Crippen molar-refractivity contribution < 1.29 is 73.5 Å². The number of ether oxygens (including phenoxy) is 2. The van der Waals surface area contributed by atoms with Gasteiger partial charge in [0.2, 0.25) is 0 Å².